The molecule has 1 unspecified atom stereocenters. The summed E-state index contributed by atoms with van der Waals surface area (Å²) in [6.07, 6.45) is 5.69. The first-order valence-electron chi connectivity index (χ1n) is 6.14. The summed E-state index contributed by atoms with van der Waals surface area (Å²) in [5, 5.41) is 0. The number of hydrogen-bond donors (Lipinski definition) is 0. The van der Waals surface area contributed by atoms with E-state index in [1.165, 1.54) is 0 Å². The van der Waals surface area contributed by atoms with E-state index in [1.807, 2.05) is 61.6 Å². The molecule has 0 radical (unpaired) electrons. The van der Waals surface area contributed by atoms with E-state index in [-0.39, 0.29) is 6.04 Å². The Kier molecular flexibility index (Phi) is 4.10. The van der Waals surface area contributed by atoms with Crippen LogP contribution < -0.4 is 9.64 Å². The molecule has 0 aliphatic heterocycles. The predicted octanol–water partition coefficient (Wildman–Crippen LogP) is 3.51. The molecule has 19 heavy (non-hydrogen) atoms. The summed E-state index contributed by atoms with van der Waals surface area (Å²) >= 11 is 0. The van der Waals surface area contributed by atoms with Gasteiger partial charge in [0.15, 0.2) is 0 Å². The third kappa shape index (κ3) is 2.89. The lowest BCUT2D eigenvalue weighted by Crippen LogP contribution is -2.22. The highest BCUT2D eigenvalue weighted by atomic mass is 16.5. The Labute approximate surface area is 114 Å². The minimum atomic E-state index is -0.0895. The average molecular weight is 251 g/mol. The summed E-state index contributed by atoms with van der Waals surface area (Å²) in [5.74, 6) is 3.67. The summed E-state index contributed by atoms with van der Waals surface area (Å²) in [7, 11) is 3.66. The van der Waals surface area contributed by atoms with E-state index >= 15 is 0 Å². The van der Waals surface area contributed by atoms with Gasteiger partial charge in [0.25, 0.3) is 0 Å². The fraction of sp³-hybridized carbons (Fsp3) is 0.176. The van der Waals surface area contributed by atoms with Gasteiger partial charge in [-0.2, -0.15) is 0 Å². The van der Waals surface area contributed by atoms with Gasteiger partial charge in [0, 0.05) is 12.7 Å². The second-order valence-corrected chi connectivity index (χ2v) is 4.29. The van der Waals surface area contributed by atoms with E-state index in [0.717, 1.165) is 17.0 Å². The molecule has 0 amide bonds. The second-order valence-electron chi connectivity index (χ2n) is 4.29. The monoisotopic (exact) mass is 251 g/mol. The van der Waals surface area contributed by atoms with Gasteiger partial charge in [-0.3, -0.25) is 0 Å². The maximum absolute atomic E-state index is 5.69. The minimum Gasteiger partial charge on any atom is -0.497 e. The van der Waals surface area contributed by atoms with Crippen molar-refractivity contribution < 1.29 is 4.74 Å². The first-order chi connectivity index (χ1) is 9.26. The normalized spacial score (nSPS) is 11.4. The van der Waals surface area contributed by atoms with Crippen molar-refractivity contribution in [2.75, 3.05) is 19.1 Å². The van der Waals surface area contributed by atoms with Crippen LogP contribution in [0.1, 0.15) is 11.6 Å². The van der Waals surface area contributed by atoms with Gasteiger partial charge in [0.05, 0.1) is 7.11 Å². The summed E-state index contributed by atoms with van der Waals surface area (Å²) in [6.45, 7) is 0. The summed E-state index contributed by atoms with van der Waals surface area (Å²) in [6, 6.07) is 17.9. The van der Waals surface area contributed by atoms with Crippen LogP contribution in [0.4, 0.5) is 5.69 Å². The van der Waals surface area contributed by atoms with E-state index in [9.17, 15) is 0 Å². The van der Waals surface area contributed by atoms with E-state index in [0.29, 0.717) is 0 Å². The highest BCUT2D eigenvalue weighted by molar-refractivity contribution is 5.50. The molecule has 96 valence electrons. The standard InChI is InChI=1S/C17H17NO/c1-4-17(14-10-12-16(19-3)13-11-14)18(2)15-8-6-5-7-9-15/h1,5-13,17H,2-3H3. The highest BCUT2D eigenvalue weighted by Crippen LogP contribution is 2.26. The Balaban J connectivity index is 2.27. The molecular formula is C17H17NO. The predicted molar refractivity (Wildman–Crippen MR) is 79.4 cm³/mol. The van der Waals surface area contributed by atoms with Gasteiger partial charge in [-0.15, -0.1) is 6.42 Å². The van der Waals surface area contributed by atoms with E-state index < -0.39 is 0 Å². The molecule has 1 atom stereocenters. The van der Waals surface area contributed by atoms with Crippen molar-refractivity contribution in [2.45, 2.75) is 6.04 Å². The number of para-hydroxylation sites is 1. The molecule has 0 fully saturated rings. The number of methoxy groups -OCH3 is 1. The van der Waals surface area contributed by atoms with Gasteiger partial charge in [-0.05, 0) is 29.8 Å². The Morgan fingerprint density at radius 2 is 1.68 bits per heavy atom. The molecule has 2 aromatic carbocycles. The molecule has 2 nitrogen and oxygen atoms in total. The van der Waals surface area contributed by atoms with E-state index in [1.54, 1.807) is 7.11 Å². The number of anilines is 1. The molecule has 0 aliphatic carbocycles. The van der Waals surface area contributed by atoms with Crippen LogP contribution in [0.3, 0.4) is 0 Å². The van der Waals surface area contributed by atoms with Crippen molar-refractivity contribution in [1.29, 1.82) is 0 Å². The number of rotatable bonds is 4. The smallest absolute Gasteiger partial charge is 0.118 e. The number of nitrogens with zero attached hydrogens (tertiary/aromatic N) is 1. The van der Waals surface area contributed by atoms with E-state index in [2.05, 4.69) is 10.8 Å². The Hall–Kier alpha value is -2.40. The molecule has 0 aliphatic rings. The highest BCUT2D eigenvalue weighted by Gasteiger charge is 2.14. The van der Waals surface area contributed by atoms with Crippen molar-refractivity contribution in [3.63, 3.8) is 0 Å². The fourth-order valence-corrected chi connectivity index (χ4v) is 2.03. The zero-order chi connectivity index (χ0) is 13.7. The molecule has 0 spiro atoms. The average Bonchev–Trinajstić information content (AvgIpc) is 2.49. The minimum absolute atomic E-state index is 0.0895. The molecule has 0 aromatic heterocycles. The number of terminal acetylenes is 1. The largest absolute Gasteiger partial charge is 0.497 e. The van der Waals surface area contributed by atoms with Gasteiger partial charge in [-0.1, -0.05) is 36.3 Å². The van der Waals surface area contributed by atoms with Crippen LogP contribution >= 0.6 is 0 Å². The van der Waals surface area contributed by atoms with Crippen LogP contribution in [-0.4, -0.2) is 14.2 Å². The second kappa shape index (κ2) is 5.97. The van der Waals surface area contributed by atoms with Crippen LogP contribution in [0.5, 0.6) is 5.75 Å². The molecule has 2 aromatic rings. The van der Waals surface area contributed by atoms with Crippen molar-refractivity contribution in [2.24, 2.45) is 0 Å². The summed E-state index contributed by atoms with van der Waals surface area (Å²) in [4.78, 5) is 2.09. The number of benzene rings is 2. The Morgan fingerprint density at radius 3 is 2.21 bits per heavy atom. The zero-order valence-corrected chi connectivity index (χ0v) is 11.2. The third-order valence-corrected chi connectivity index (χ3v) is 3.14. The first-order valence-corrected chi connectivity index (χ1v) is 6.14. The molecule has 2 heteroatoms. The summed E-state index contributed by atoms with van der Waals surface area (Å²) < 4.78 is 5.16. The van der Waals surface area contributed by atoms with Crippen LogP contribution in [0.2, 0.25) is 0 Å². The maximum atomic E-state index is 5.69. The quantitative estimate of drug-likeness (QED) is 0.771. The lowest BCUT2D eigenvalue weighted by Gasteiger charge is -2.26. The molecular weight excluding hydrogens is 234 g/mol. The van der Waals surface area contributed by atoms with Gasteiger partial charge < -0.3 is 9.64 Å². The topological polar surface area (TPSA) is 12.5 Å². The van der Waals surface area contributed by atoms with Crippen molar-refractivity contribution in [3.05, 3.63) is 60.2 Å². The van der Waals surface area contributed by atoms with Gasteiger partial charge >= 0.3 is 0 Å². The fourth-order valence-electron chi connectivity index (χ4n) is 2.03. The number of ether oxygens (including phenoxy) is 1. The molecule has 0 saturated heterocycles. The van der Waals surface area contributed by atoms with Gasteiger partial charge in [0.2, 0.25) is 0 Å². The van der Waals surface area contributed by atoms with Crippen molar-refractivity contribution in [1.82, 2.24) is 0 Å². The van der Waals surface area contributed by atoms with E-state index in [4.69, 9.17) is 11.2 Å². The molecule has 2 rings (SSSR count). The third-order valence-electron chi connectivity index (χ3n) is 3.14. The Bertz CT molecular complexity index is 554. The van der Waals surface area contributed by atoms with Crippen LogP contribution in [0.15, 0.2) is 54.6 Å². The molecule has 0 saturated carbocycles. The zero-order valence-electron chi connectivity index (χ0n) is 11.2. The molecule has 0 N–H and O–H groups in total. The first kappa shape index (κ1) is 13.0. The van der Waals surface area contributed by atoms with Crippen LogP contribution in [0, 0.1) is 12.3 Å². The maximum Gasteiger partial charge on any atom is 0.118 e. The molecule has 0 bridgehead atoms. The lowest BCUT2D eigenvalue weighted by molar-refractivity contribution is 0.414. The summed E-state index contributed by atoms with van der Waals surface area (Å²) in [5.41, 5.74) is 2.18. The van der Waals surface area contributed by atoms with Gasteiger partial charge in [0.1, 0.15) is 11.8 Å². The van der Waals surface area contributed by atoms with Crippen molar-refractivity contribution in [3.8, 4) is 18.1 Å². The van der Waals surface area contributed by atoms with Crippen LogP contribution in [-0.2, 0) is 0 Å². The molecule has 0 heterocycles. The lowest BCUT2D eigenvalue weighted by atomic mass is 10.1. The van der Waals surface area contributed by atoms with Crippen LogP contribution in [0.25, 0.3) is 0 Å². The SMILES string of the molecule is C#CC(c1ccc(OC)cc1)N(C)c1ccccc1. The van der Waals surface area contributed by atoms with Crippen molar-refractivity contribution >= 4 is 5.69 Å². The Morgan fingerprint density at radius 1 is 1.05 bits per heavy atom. The van der Waals surface area contributed by atoms with Gasteiger partial charge in [-0.25, -0.2) is 0 Å². The number of hydrogen-bond acceptors (Lipinski definition) is 2.